The monoisotopic (exact) mass is 366 g/mol. The third-order valence-corrected chi connectivity index (χ3v) is 5.13. The van der Waals surface area contributed by atoms with E-state index in [1.54, 1.807) is 4.90 Å². The number of halogens is 2. The van der Waals surface area contributed by atoms with E-state index in [1.807, 2.05) is 0 Å². The van der Waals surface area contributed by atoms with Crippen LogP contribution in [-0.4, -0.2) is 57.4 Å². The molecule has 0 saturated carbocycles. The second kappa shape index (κ2) is 6.08. The average molecular weight is 366 g/mol. The molecule has 0 bridgehead atoms. The largest absolute Gasteiger partial charge is 0.442 e. The van der Waals surface area contributed by atoms with Gasteiger partial charge in [0.1, 0.15) is 11.8 Å². The van der Waals surface area contributed by atoms with Crippen molar-refractivity contribution >= 4 is 23.4 Å². The Morgan fingerprint density at radius 3 is 2.54 bits per heavy atom. The summed E-state index contributed by atoms with van der Waals surface area (Å²) in [6, 6.07) is 2.31. The van der Waals surface area contributed by atoms with Gasteiger partial charge in [0.25, 0.3) is 0 Å². The second-order valence-corrected chi connectivity index (χ2v) is 7.27. The molecule has 1 aromatic rings. The van der Waals surface area contributed by atoms with E-state index in [1.165, 1.54) is 11.8 Å². The summed E-state index contributed by atoms with van der Waals surface area (Å²) in [5.41, 5.74) is 0.209. The minimum Gasteiger partial charge on any atom is -0.442 e. The highest BCUT2D eigenvalue weighted by molar-refractivity contribution is 5.90. The third kappa shape index (κ3) is 2.86. The van der Waals surface area contributed by atoms with Crippen LogP contribution in [0.1, 0.15) is 6.92 Å². The molecule has 1 aromatic carbocycles. The number of carbonyl (C=O) groups is 2. The van der Waals surface area contributed by atoms with Gasteiger partial charge in [0, 0.05) is 50.7 Å². The molecule has 9 heteroatoms. The maximum Gasteiger partial charge on any atom is 0.414 e. The van der Waals surface area contributed by atoms with Gasteiger partial charge >= 0.3 is 6.09 Å². The summed E-state index contributed by atoms with van der Waals surface area (Å²) in [5.74, 6) is -1.63. The van der Waals surface area contributed by atoms with Crippen LogP contribution in [0.3, 0.4) is 0 Å². The van der Waals surface area contributed by atoms with E-state index >= 15 is 0 Å². The van der Waals surface area contributed by atoms with Gasteiger partial charge in [-0.3, -0.25) is 9.69 Å². The molecule has 0 aliphatic carbocycles. The predicted octanol–water partition coefficient (Wildman–Crippen LogP) is 0.836. The van der Waals surface area contributed by atoms with Crippen LogP contribution in [-0.2, 0) is 9.53 Å². The van der Waals surface area contributed by atoms with Gasteiger partial charge < -0.3 is 20.3 Å². The number of hydrogen-bond acceptors (Lipinski definition) is 5. The van der Waals surface area contributed by atoms with Gasteiger partial charge in [0.15, 0.2) is 11.6 Å². The fourth-order valence-electron chi connectivity index (χ4n) is 3.73. The van der Waals surface area contributed by atoms with Crippen molar-refractivity contribution in [3.8, 4) is 0 Å². The maximum absolute atomic E-state index is 14.6. The Bertz CT molecular complexity index is 737. The van der Waals surface area contributed by atoms with Crippen molar-refractivity contribution < 1.29 is 23.1 Å². The number of nitrogens with one attached hydrogen (secondary N) is 2. The second-order valence-electron chi connectivity index (χ2n) is 7.27. The van der Waals surface area contributed by atoms with E-state index in [4.69, 9.17) is 4.74 Å². The minimum absolute atomic E-state index is 0.0476. The molecule has 3 saturated heterocycles. The fraction of sp³-hybridized carbons (Fsp3) is 0.529. The molecule has 4 rings (SSSR count). The van der Waals surface area contributed by atoms with Gasteiger partial charge in [-0.05, 0) is 0 Å². The van der Waals surface area contributed by atoms with Gasteiger partial charge in [0.05, 0.1) is 18.8 Å². The molecule has 2 amide bonds. The lowest BCUT2D eigenvalue weighted by Crippen LogP contribution is -2.71. The van der Waals surface area contributed by atoms with E-state index in [0.29, 0.717) is 13.1 Å². The Balaban J connectivity index is 1.48. The standard InChI is InChI=1S/C17H20F2N4O3/c1-10(24)21-4-12-5-23(16(25)26-12)11-2-13(18)15(14(19)3-11)22-8-17(9-22)6-20-7-17/h2-3,12,20H,4-9H2,1H3,(H,21,24)/t12-/m1/s1. The number of hydrogen-bond donors (Lipinski definition) is 2. The van der Waals surface area contributed by atoms with Crippen molar-refractivity contribution in [1.82, 2.24) is 10.6 Å². The quantitative estimate of drug-likeness (QED) is 0.826. The number of amides is 2. The van der Waals surface area contributed by atoms with Crippen molar-refractivity contribution in [3.05, 3.63) is 23.8 Å². The fourth-order valence-corrected chi connectivity index (χ4v) is 3.73. The predicted molar refractivity (Wildman–Crippen MR) is 90.2 cm³/mol. The molecule has 2 N–H and O–H groups in total. The zero-order valence-electron chi connectivity index (χ0n) is 14.3. The number of nitrogens with zero attached hydrogens (tertiary/aromatic N) is 2. The topological polar surface area (TPSA) is 73.9 Å². The Morgan fingerprint density at radius 2 is 2.00 bits per heavy atom. The molecule has 1 spiro atoms. The van der Waals surface area contributed by atoms with E-state index in [0.717, 1.165) is 25.2 Å². The van der Waals surface area contributed by atoms with Crippen LogP contribution in [0.5, 0.6) is 0 Å². The van der Waals surface area contributed by atoms with E-state index in [2.05, 4.69) is 10.6 Å². The molecule has 7 nitrogen and oxygen atoms in total. The van der Waals surface area contributed by atoms with Crippen LogP contribution >= 0.6 is 0 Å². The van der Waals surface area contributed by atoms with Gasteiger partial charge in [-0.15, -0.1) is 0 Å². The first-order valence-corrected chi connectivity index (χ1v) is 8.54. The minimum atomic E-state index is -0.694. The van der Waals surface area contributed by atoms with Crippen LogP contribution in [0.2, 0.25) is 0 Å². The van der Waals surface area contributed by atoms with Crippen molar-refractivity contribution in [2.75, 3.05) is 49.1 Å². The first-order chi connectivity index (χ1) is 12.4. The Labute approximate surface area is 149 Å². The summed E-state index contributed by atoms with van der Waals surface area (Å²) in [7, 11) is 0. The molecule has 0 radical (unpaired) electrons. The number of anilines is 2. The molecule has 0 aromatic heterocycles. The normalized spacial score (nSPS) is 23.5. The summed E-state index contributed by atoms with van der Waals surface area (Å²) >= 11 is 0. The van der Waals surface area contributed by atoms with Crippen LogP contribution in [0, 0.1) is 17.0 Å². The van der Waals surface area contributed by atoms with Gasteiger partial charge in [-0.1, -0.05) is 0 Å². The SMILES string of the molecule is CC(=O)NC[C@@H]1CN(c2cc(F)c(N3CC4(CNC4)C3)c(F)c2)C(=O)O1. The summed E-state index contributed by atoms with van der Waals surface area (Å²) < 4.78 is 34.2. The lowest BCUT2D eigenvalue weighted by atomic mass is 9.74. The number of benzene rings is 1. The molecule has 0 unspecified atom stereocenters. The maximum atomic E-state index is 14.6. The summed E-state index contributed by atoms with van der Waals surface area (Å²) in [5, 5.41) is 5.74. The molecule has 140 valence electrons. The number of rotatable bonds is 4. The lowest BCUT2D eigenvalue weighted by molar-refractivity contribution is -0.119. The molecule has 3 aliphatic heterocycles. The van der Waals surface area contributed by atoms with Crippen molar-refractivity contribution in [2.24, 2.45) is 5.41 Å². The van der Waals surface area contributed by atoms with Gasteiger partial charge in [0.2, 0.25) is 5.91 Å². The van der Waals surface area contributed by atoms with Crippen LogP contribution in [0.15, 0.2) is 12.1 Å². The van der Waals surface area contributed by atoms with Gasteiger partial charge in [-0.2, -0.15) is 0 Å². The molecule has 26 heavy (non-hydrogen) atoms. The Morgan fingerprint density at radius 1 is 1.35 bits per heavy atom. The summed E-state index contributed by atoms with van der Waals surface area (Å²) in [4.78, 5) is 25.8. The van der Waals surface area contributed by atoms with Gasteiger partial charge in [-0.25, -0.2) is 13.6 Å². The summed E-state index contributed by atoms with van der Waals surface area (Å²) in [6.45, 7) is 4.63. The average Bonchev–Trinajstić information content (AvgIpc) is 2.85. The van der Waals surface area contributed by atoms with E-state index in [9.17, 15) is 18.4 Å². The van der Waals surface area contributed by atoms with Crippen LogP contribution in [0.25, 0.3) is 0 Å². The Kier molecular flexibility index (Phi) is 3.98. The first-order valence-electron chi connectivity index (χ1n) is 8.54. The molecular formula is C17H20F2N4O3. The van der Waals surface area contributed by atoms with Crippen molar-refractivity contribution in [2.45, 2.75) is 13.0 Å². The molecule has 3 aliphatic rings. The van der Waals surface area contributed by atoms with E-state index in [-0.39, 0.29) is 35.8 Å². The number of carbonyl (C=O) groups excluding carboxylic acids is 2. The van der Waals surface area contributed by atoms with E-state index < -0.39 is 23.8 Å². The van der Waals surface area contributed by atoms with Crippen LogP contribution in [0.4, 0.5) is 25.0 Å². The molecule has 3 heterocycles. The lowest BCUT2D eigenvalue weighted by Gasteiger charge is -2.57. The molecular weight excluding hydrogens is 346 g/mol. The zero-order chi connectivity index (χ0) is 18.5. The molecule has 3 fully saturated rings. The van der Waals surface area contributed by atoms with Crippen molar-refractivity contribution in [3.63, 3.8) is 0 Å². The zero-order valence-corrected chi connectivity index (χ0v) is 14.3. The third-order valence-electron chi connectivity index (χ3n) is 5.13. The molecule has 1 atom stereocenters. The van der Waals surface area contributed by atoms with Crippen molar-refractivity contribution in [1.29, 1.82) is 0 Å². The number of ether oxygens (including phenoxy) is 1. The smallest absolute Gasteiger partial charge is 0.414 e. The van der Waals surface area contributed by atoms with Crippen LogP contribution < -0.4 is 20.4 Å². The first kappa shape index (κ1) is 17.0. The highest BCUT2D eigenvalue weighted by atomic mass is 19.1. The highest BCUT2D eigenvalue weighted by Gasteiger charge is 2.48. The summed E-state index contributed by atoms with van der Waals surface area (Å²) in [6.07, 6.45) is -1.24. The Hall–Kier alpha value is -2.42. The number of cyclic esters (lactones) is 1. The highest BCUT2D eigenvalue weighted by Crippen LogP contribution is 2.40.